The summed E-state index contributed by atoms with van der Waals surface area (Å²) in [5.41, 5.74) is 0.940. The van der Waals surface area contributed by atoms with Gasteiger partial charge >= 0.3 is 0 Å². The first-order chi connectivity index (χ1) is 10.4. The number of hydrogen-bond donors (Lipinski definition) is 2. The summed E-state index contributed by atoms with van der Waals surface area (Å²) < 4.78 is 5.72. The molecule has 122 valence electrons. The fraction of sp³-hybridized carbons (Fsp3) is 0.625. The molecule has 2 N–H and O–H groups in total. The molecule has 0 radical (unpaired) electrons. The van der Waals surface area contributed by atoms with Gasteiger partial charge in [-0.15, -0.1) is 0 Å². The number of amides is 1. The molecule has 0 bridgehead atoms. The molecule has 1 aliphatic rings. The van der Waals surface area contributed by atoms with Crippen LogP contribution >= 0.6 is 0 Å². The predicted molar refractivity (Wildman–Crippen MR) is 84.2 cm³/mol. The van der Waals surface area contributed by atoms with E-state index in [0.717, 1.165) is 13.1 Å². The standard InChI is InChI=1S/C16H25N3O3/c1-10(19-8-11(2)22-12(3)9-19)6-18-16(21)15-5-14(7-17-15)13(4)20/h5,7,10-12,17H,6,8-9H2,1-4H3,(H,18,21). The zero-order chi connectivity index (χ0) is 16.3. The van der Waals surface area contributed by atoms with Gasteiger partial charge in [0.05, 0.1) is 12.2 Å². The average molecular weight is 307 g/mol. The van der Waals surface area contributed by atoms with Crippen LogP contribution in [0.25, 0.3) is 0 Å². The summed E-state index contributed by atoms with van der Waals surface area (Å²) in [5, 5.41) is 2.91. The van der Waals surface area contributed by atoms with Gasteiger partial charge in [-0.1, -0.05) is 0 Å². The number of Topliss-reactive ketones (excluding diaryl/α,β-unsaturated/α-hetero) is 1. The maximum atomic E-state index is 12.1. The van der Waals surface area contributed by atoms with Crippen molar-refractivity contribution in [2.24, 2.45) is 0 Å². The number of hydrogen-bond acceptors (Lipinski definition) is 4. The normalized spacial score (nSPS) is 24.0. The highest BCUT2D eigenvalue weighted by Crippen LogP contribution is 2.13. The van der Waals surface area contributed by atoms with Crippen molar-refractivity contribution >= 4 is 11.7 Å². The quantitative estimate of drug-likeness (QED) is 0.807. The van der Waals surface area contributed by atoms with E-state index in [1.807, 2.05) is 0 Å². The number of morpholine rings is 1. The SMILES string of the molecule is CC(=O)c1c[nH]c(C(=O)NCC(C)N2CC(C)OC(C)C2)c1. The monoisotopic (exact) mass is 307 g/mol. The number of nitrogens with zero attached hydrogens (tertiary/aromatic N) is 1. The number of aromatic amines is 1. The van der Waals surface area contributed by atoms with Crippen molar-refractivity contribution in [3.63, 3.8) is 0 Å². The smallest absolute Gasteiger partial charge is 0.267 e. The lowest BCUT2D eigenvalue weighted by Crippen LogP contribution is -2.52. The summed E-state index contributed by atoms with van der Waals surface area (Å²) >= 11 is 0. The van der Waals surface area contributed by atoms with Crippen LogP contribution in [0.15, 0.2) is 12.3 Å². The lowest BCUT2D eigenvalue weighted by molar-refractivity contribution is -0.0778. The number of H-pyrrole nitrogens is 1. The lowest BCUT2D eigenvalue weighted by atomic mass is 10.1. The Morgan fingerprint density at radius 2 is 2.05 bits per heavy atom. The van der Waals surface area contributed by atoms with Crippen LogP contribution in [0.1, 0.15) is 48.5 Å². The van der Waals surface area contributed by atoms with Crippen LogP contribution in [0.5, 0.6) is 0 Å². The number of nitrogens with one attached hydrogen (secondary N) is 2. The molecule has 0 spiro atoms. The van der Waals surface area contributed by atoms with Crippen molar-refractivity contribution in [3.8, 4) is 0 Å². The van der Waals surface area contributed by atoms with Crippen LogP contribution in [0.2, 0.25) is 0 Å². The maximum absolute atomic E-state index is 12.1. The van der Waals surface area contributed by atoms with E-state index in [1.165, 1.54) is 6.92 Å². The zero-order valence-electron chi connectivity index (χ0n) is 13.7. The highest BCUT2D eigenvalue weighted by Gasteiger charge is 2.26. The first kappa shape index (κ1) is 16.7. The van der Waals surface area contributed by atoms with Crippen molar-refractivity contribution in [2.45, 2.75) is 45.9 Å². The molecule has 2 rings (SSSR count). The Labute approximate surface area is 131 Å². The number of carbonyl (C=O) groups excluding carboxylic acids is 2. The summed E-state index contributed by atoms with van der Waals surface area (Å²) in [4.78, 5) is 28.5. The van der Waals surface area contributed by atoms with Crippen LogP contribution in [0.3, 0.4) is 0 Å². The molecule has 22 heavy (non-hydrogen) atoms. The molecular formula is C16H25N3O3. The molecule has 1 aromatic heterocycles. The Hall–Kier alpha value is -1.66. The third-order valence-electron chi connectivity index (χ3n) is 3.96. The van der Waals surface area contributed by atoms with Gasteiger partial charge in [0.15, 0.2) is 5.78 Å². The van der Waals surface area contributed by atoms with E-state index in [0.29, 0.717) is 17.8 Å². The molecule has 6 heteroatoms. The molecular weight excluding hydrogens is 282 g/mol. The summed E-state index contributed by atoms with van der Waals surface area (Å²) in [6.45, 7) is 10.0. The van der Waals surface area contributed by atoms with Crippen LogP contribution in [0.4, 0.5) is 0 Å². The van der Waals surface area contributed by atoms with E-state index in [2.05, 4.69) is 36.0 Å². The van der Waals surface area contributed by atoms with Crippen LogP contribution in [-0.2, 0) is 4.74 Å². The van der Waals surface area contributed by atoms with Gasteiger partial charge in [0, 0.05) is 37.4 Å². The topological polar surface area (TPSA) is 74.4 Å². The van der Waals surface area contributed by atoms with Gasteiger partial charge in [0.2, 0.25) is 0 Å². The van der Waals surface area contributed by atoms with E-state index >= 15 is 0 Å². The molecule has 0 aromatic carbocycles. The van der Waals surface area contributed by atoms with E-state index in [9.17, 15) is 9.59 Å². The van der Waals surface area contributed by atoms with E-state index in [1.54, 1.807) is 12.3 Å². The number of aromatic nitrogens is 1. The Bertz CT molecular complexity index is 530. The van der Waals surface area contributed by atoms with Crippen molar-refractivity contribution in [2.75, 3.05) is 19.6 Å². The fourth-order valence-corrected chi connectivity index (χ4v) is 2.77. The summed E-state index contributed by atoms with van der Waals surface area (Å²) in [6, 6.07) is 1.82. The van der Waals surface area contributed by atoms with Crippen LogP contribution in [0, 0.1) is 0 Å². The third-order valence-corrected chi connectivity index (χ3v) is 3.96. The van der Waals surface area contributed by atoms with Gasteiger partial charge in [-0.25, -0.2) is 0 Å². The number of carbonyl (C=O) groups is 2. The molecule has 1 amide bonds. The second kappa shape index (κ2) is 7.07. The minimum atomic E-state index is -0.186. The van der Waals surface area contributed by atoms with Gasteiger partial charge in [-0.05, 0) is 33.8 Å². The van der Waals surface area contributed by atoms with Gasteiger partial charge in [0.25, 0.3) is 5.91 Å². The minimum Gasteiger partial charge on any atom is -0.373 e. The first-order valence-corrected chi connectivity index (χ1v) is 7.74. The number of ether oxygens (including phenoxy) is 1. The number of rotatable bonds is 5. The highest BCUT2D eigenvalue weighted by atomic mass is 16.5. The van der Waals surface area contributed by atoms with Gasteiger partial charge in [0.1, 0.15) is 5.69 Å². The molecule has 1 aliphatic heterocycles. The minimum absolute atomic E-state index is 0.0556. The molecule has 6 nitrogen and oxygen atoms in total. The fourth-order valence-electron chi connectivity index (χ4n) is 2.77. The average Bonchev–Trinajstić information content (AvgIpc) is 2.93. The third kappa shape index (κ3) is 4.18. The van der Waals surface area contributed by atoms with Gasteiger partial charge in [-0.3, -0.25) is 14.5 Å². The Kier molecular flexibility index (Phi) is 5.37. The lowest BCUT2D eigenvalue weighted by Gasteiger charge is -2.38. The van der Waals surface area contributed by atoms with Crippen LogP contribution in [-0.4, -0.2) is 59.5 Å². The summed E-state index contributed by atoms with van der Waals surface area (Å²) in [5.74, 6) is -0.242. The molecule has 3 unspecified atom stereocenters. The van der Waals surface area contributed by atoms with E-state index in [-0.39, 0.29) is 29.9 Å². The zero-order valence-corrected chi connectivity index (χ0v) is 13.7. The van der Waals surface area contributed by atoms with E-state index in [4.69, 9.17) is 4.74 Å². The van der Waals surface area contributed by atoms with Gasteiger partial charge < -0.3 is 15.0 Å². The Balaban J connectivity index is 1.85. The molecule has 1 saturated heterocycles. The second-order valence-electron chi connectivity index (χ2n) is 6.13. The predicted octanol–water partition coefficient (Wildman–Crippen LogP) is 1.44. The molecule has 2 heterocycles. The van der Waals surface area contributed by atoms with E-state index < -0.39 is 0 Å². The van der Waals surface area contributed by atoms with Crippen LogP contribution < -0.4 is 5.32 Å². The molecule has 1 fully saturated rings. The number of ketones is 1. The molecule has 0 saturated carbocycles. The van der Waals surface area contributed by atoms with Crippen molar-refractivity contribution in [1.82, 2.24) is 15.2 Å². The highest BCUT2D eigenvalue weighted by molar-refractivity contribution is 5.99. The van der Waals surface area contributed by atoms with Crippen molar-refractivity contribution < 1.29 is 14.3 Å². The Morgan fingerprint density at radius 1 is 1.41 bits per heavy atom. The maximum Gasteiger partial charge on any atom is 0.267 e. The molecule has 3 atom stereocenters. The van der Waals surface area contributed by atoms with Crippen molar-refractivity contribution in [3.05, 3.63) is 23.5 Å². The summed E-state index contributed by atoms with van der Waals surface area (Å²) in [6.07, 6.45) is 1.98. The molecule has 1 aromatic rings. The van der Waals surface area contributed by atoms with Gasteiger partial charge in [-0.2, -0.15) is 0 Å². The largest absolute Gasteiger partial charge is 0.373 e. The van der Waals surface area contributed by atoms with Crippen molar-refractivity contribution in [1.29, 1.82) is 0 Å². The summed E-state index contributed by atoms with van der Waals surface area (Å²) in [7, 11) is 0. The Morgan fingerprint density at radius 3 is 2.59 bits per heavy atom. The molecule has 0 aliphatic carbocycles. The second-order valence-corrected chi connectivity index (χ2v) is 6.13. The first-order valence-electron chi connectivity index (χ1n) is 7.74.